The first-order valence-electron chi connectivity index (χ1n) is 19.6. The Morgan fingerprint density at radius 2 is 0.773 bits per heavy atom. The van der Waals surface area contributed by atoms with Gasteiger partial charge in [-0.3, -0.25) is 0 Å². The summed E-state index contributed by atoms with van der Waals surface area (Å²) in [6.07, 6.45) is 24.5. The van der Waals surface area contributed by atoms with Crippen LogP contribution in [0, 0.1) is 0 Å². The molecule has 0 aliphatic heterocycles. The molecule has 0 saturated heterocycles. The molecule has 0 heterocycles. The molecule has 44 heavy (non-hydrogen) atoms. The predicted octanol–water partition coefficient (Wildman–Crippen LogP) is 15.7. The molecule has 0 aromatic heterocycles. The molecule has 0 aromatic rings. The van der Waals surface area contributed by atoms with Crippen LogP contribution in [-0.4, -0.2) is 38.7 Å². The summed E-state index contributed by atoms with van der Waals surface area (Å²) in [5, 5.41) is 2.94. The van der Waals surface area contributed by atoms with Crippen LogP contribution in [0.5, 0.6) is 0 Å². The van der Waals surface area contributed by atoms with E-state index in [9.17, 15) is 4.57 Å². The van der Waals surface area contributed by atoms with E-state index in [0.717, 1.165) is 25.9 Å². The van der Waals surface area contributed by atoms with E-state index in [1.807, 2.05) is 27.9 Å². The normalized spacial score (nSPS) is 9.18. The molecule has 0 aromatic carbocycles. The van der Waals surface area contributed by atoms with Crippen molar-refractivity contribution in [3.05, 3.63) is 0 Å². The van der Waals surface area contributed by atoms with Crippen LogP contribution in [0.15, 0.2) is 0 Å². The average Bonchev–Trinajstić information content (AvgIpc) is 2.97. The second-order valence-electron chi connectivity index (χ2n) is 11.3. The van der Waals surface area contributed by atoms with Crippen molar-refractivity contribution in [3.8, 4) is 0 Å². The van der Waals surface area contributed by atoms with Gasteiger partial charge in [0.05, 0.1) is 0 Å². The zero-order valence-electron chi connectivity index (χ0n) is 34.8. The first-order valence-corrected chi connectivity index (χ1v) is 20.8. The van der Waals surface area contributed by atoms with Crippen LogP contribution in [0.2, 0.25) is 0 Å². The molecule has 5 heteroatoms. The molecule has 1 unspecified atom stereocenters. The van der Waals surface area contributed by atoms with Crippen LogP contribution in [0.4, 0.5) is 0 Å². The molecule has 0 spiro atoms. The highest BCUT2D eigenvalue weighted by atomic mass is 31.1. The minimum absolute atomic E-state index is 0. The fraction of sp³-hybridized carbons (Fsp3) is 1.00. The molecule has 0 bridgehead atoms. The molecule has 280 valence electrons. The third-order valence-corrected chi connectivity index (χ3v) is 5.13. The minimum Gasteiger partial charge on any atom is -0.309 e. The molecular formula is C39H98N2O2P+. The Labute approximate surface area is 287 Å². The van der Waals surface area contributed by atoms with E-state index in [1.54, 1.807) is 0 Å². The molecule has 0 aliphatic rings. The van der Waals surface area contributed by atoms with Crippen molar-refractivity contribution < 1.29 is 10.5 Å². The van der Waals surface area contributed by atoms with Crippen molar-refractivity contribution in [2.45, 2.75) is 226 Å². The van der Waals surface area contributed by atoms with Crippen LogP contribution in [0.1, 0.15) is 227 Å². The summed E-state index contributed by atoms with van der Waals surface area (Å²) in [7, 11) is 2.42. The fourth-order valence-electron chi connectivity index (χ4n) is 2.70. The number of nitrogens with zero attached hydrogens (tertiary/aromatic N) is 1. The summed E-state index contributed by atoms with van der Waals surface area (Å²) in [5.74, 6) is 0. The monoisotopic (exact) mass is 658 g/mol. The second-order valence-corrected chi connectivity index (χ2v) is 12.4. The van der Waals surface area contributed by atoms with Crippen LogP contribution in [-0.2, 0) is 9.09 Å². The van der Waals surface area contributed by atoms with Crippen molar-refractivity contribution >= 4 is 8.18 Å². The Morgan fingerprint density at radius 1 is 0.500 bits per heavy atom. The minimum atomic E-state index is -1.67. The Kier molecular flexibility index (Phi) is 120. The molecule has 0 fully saturated rings. The van der Waals surface area contributed by atoms with Crippen molar-refractivity contribution in [2.75, 3.05) is 33.8 Å². The lowest BCUT2D eigenvalue weighted by Crippen LogP contribution is -2.17. The summed E-state index contributed by atoms with van der Waals surface area (Å²) < 4.78 is 16.9. The average molecular weight is 658 g/mol. The van der Waals surface area contributed by atoms with Gasteiger partial charge in [0.15, 0.2) is 0 Å². The third kappa shape index (κ3) is 146. The maximum Gasteiger partial charge on any atom is 0.612 e. The number of hydrogen-bond acceptors (Lipinski definition) is 3. The van der Waals surface area contributed by atoms with E-state index < -0.39 is 8.18 Å². The lowest BCUT2D eigenvalue weighted by Gasteiger charge is -2.06. The molecule has 0 rings (SSSR count). The number of hydrogen-bond donors (Lipinski definition) is 1. The smallest absolute Gasteiger partial charge is 0.309 e. The summed E-state index contributed by atoms with van der Waals surface area (Å²) in [5.41, 5.74) is 0. The maximum atomic E-state index is 11.6. The van der Waals surface area contributed by atoms with E-state index in [1.165, 1.54) is 109 Å². The first-order chi connectivity index (χ1) is 21.1. The quantitative estimate of drug-likeness (QED) is 0.111. The lowest BCUT2D eigenvalue weighted by molar-refractivity contribution is 0.308. The Bertz CT molecular complexity index is 348. The van der Waals surface area contributed by atoms with E-state index >= 15 is 0 Å². The standard InChI is InChI=1S/C19H42N2O2P.6C3H8.C2H6.H2/c1-4-5-6-7-8-9-10-11-12-13-14-15-19-23-24(22)20-17-16-18-21(2)3;6*1-3-2;1-2;/h4-19H2,1-3H3,(H,20,22);6*3H2,1-2H3;1-2H3;1H/q+1;;;;;;;;. The fourth-order valence-corrected chi connectivity index (χ4v) is 3.43. The van der Waals surface area contributed by atoms with Gasteiger partial charge in [0.1, 0.15) is 6.61 Å². The number of nitrogens with one attached hydrogen (secondary N) is 1. The molecular weight excluding hydrogens is 559 g/mol. The van der Waals surface area contributed by atoms with Gasteiger partial charge in [0, 0.05) is 7.97 Å². The van der Waals surface area contributed by atoms with Crippen molar-refractivity contribution in [2.24, 2.45) is 0 Å². The number of rotatable bonds is 19. The van der Waals surface area contributed by atoms with Gasteiger partial charge >= 0.3 is 8.18 Å². The van der Waals surface area contributed by atoms with Crippen LogP contribution >= 0.6 is 8.18 Å². The number of unbranched alkanes of at least 4 members (excludes halogenated alkanes) is 11. The van der Waals surface area contributed by atoms with Gasteiger partial charge in [-0.05, 0) is 38.0 Å². The first kappa shape index (κ1) is 62.8. The largest absolute Gasteiger partial charge is 0.612 e. The van der Waals surface area contributed by atoms with Crippen LogP contribution < -0.4 is 5.09 Å². The summed E-state index contributed by atoms with van der Waals surface area (Å²) >= 11 is 0. The van der Waals surface area contributed by atoms with Gasteiger partial charge in [-0.25, -0.2) is 0 Å². The topological polar surface area (TPSA) is 41.6 Å². The molecule has 0 radical (unpaired) electrons. The summed E-state index contributed by atoms with van der Waals surface area (Å²) in [4.78, 5) is 2.13. The van der Waals surface area contributed by atoms with Crippen molar-refractivity contribution in [1.82, 2.24) is 9.99 Å². The third-order valence-electron chi connectivity index (χ3n) is 4.23. The predicted molar refractivity (Wildman–Crippen MR) is 215 cm³/mol. The Hall–Kier alpha value is -0.0200. The van der Waals surface area contributed by atoms with E-state index in [2.05, 4.69) is 100.0 Å². The van der Waals surface area contributed by atoms with Gasteiger partial charge in [0.25, 0.3) is 0 Å². The summed E-state index contributed by atoms with van der Waals surface area (Å²) in [6.45, 7) is 34.2. The molecule has 4 nitrogen and oxygen atoms in total. The lowest BCUT2D eigenvalue weighted by atomic mass is 10.1. The Balaban J connectivity index is -0.0000000722. The summed E-state index contributed by atoms with van der Waals surface area (Å²) in [6, 6.07) is 0. The van der Waals surface area contributed by atoms with E-state index in [4.69, 9.17) is 4.52 Å². The molecule has 0 saturated carbocycles. The van der Waals surface area contributed by atoms with Crippen LogP contribution in [0.25, 0.3) is 0 Å². The van der Waals surface area contributed by atoms with Crippen molar-refractivity contribution in [1.29, 1.82) is 0 Å². The zero-order chi connectivity index (χ0) is 36.1. The zero-order valence-corrected chi connectivity index (χ0v) is 35.7. The highest BCUT2D eigenvalue weighted by Gasteiger charge is 2.15. The van der Waals surface area contributed by atoms with E-state index in [-0.39, 0.29) is 1.43 Å². The van der Waals surface area contributed by atoms with Gasteiger partial charge in [-0.15, -0.1) is 4.52 Å². The highest BCUT2D eigenvalue weighted by Crippen LogP contribution is 2.17. The molecule has 1 N–H and O–H groups in total. The van der Waals surface area contributed by atoms with E-state index in [0.29, 0.717) is 6.61 Å². The van der Waals surface area contributed by atoms with Gasteiger partial charge in [-0.1, -0.05) is 218 Å². The molecule has 1 atom stereocenters. The van der Waals surface area contributed by atoms with Crippen molar-refractivity contribution in [3.63, 3.8) is 0 Å². The second kappa shape index (κ2) is 84.3. The van der Waals surface area contributed by atoms with Gasteiger partial charge in [-0.2, -0.15) is 0 Å². The van der Waals surface area contributed by atoms with Gasteiger partial charge < -0.3 is 4.90 Å². The Morgan fingerprint density at radius 3 is 1.05 bits per heavy atom. The SMILES string of the molecule is CC.CCC.CCC.CCC.CCC.CCC.CCC.CCCCCCCCCCCCCCO[P+](=O)NCCCN(C)C.[HH]. The molecule has 0 amide bonds. The highest BCUT2D eigenvalue weighted by molar-refractivity contribution is 7.36. The van der Waals surface area contributed by atoms with Crippen LogP contribution in [0.3, 0.4) is 0 Å². The maximum absolute atomic E-state index is 11.6. The molecule has 0 aliphatic carbocycles. The van der Waals surface area contributed by atoms with Gasteiger partial charge in [0.2, 0.25) is 0 Å².